The number of halogens is 2. The summed E-state index contributed by atoms with van der Waals surface area (Å²) in [6, 6.07) is 7.73. The SMILES string of the molecule is CCS(=O)(=O)CC1CN(c2ccc(C(C)C)c3cc(Nc4ccnc(N5C[C@@H](O)[C@@H](OC)C(F)(F)C5)n4)ncc23)C1. The molecule has 41 heavy (non-hydrogen) atoms. The number of nitrogens with zero attached hydrogens (tertiary/aromatic N) is 5. The molecule has 5 rings (SSSR count). The third kappa shape index (κ3) is 6.07. The normalized spacial score (nSPS) is 21.4. The van der Waals surface area contributed by atoms with E-state index < -0.39 is 34.5 Å². The number of aliphatic hydroxyl groups excluding tert-OH is 1. The number of pyridine rings is 1. The fourth-order valence-electron chi connectivity index (χ4n) is 5.64. The van der Waals surface area contributed by atoms with E-state index in [0.29, 0.717) is 24.7 Å². The molecule has 2 N–H and O–H groups in total. The minimum absolute atomic E-state index is 0.0617. The summed E-state index contributed by atoms with van der Waals surface area (Å²) in [4.78, 5) is 16.6. The number of aliphatic hydroxyl groups is 1. The van der Waals surface area contributed by atoms with Crippen molar-refractivity contribution < 1.29 is 27.0 Å². The van der Waals surface area contributed by atoms with Crippen LogP contribution in [0.5, 0.6) is 0 Å². The number of rotatable bonds is 9. The fraction of sp³-hybridized carbons (Fsp3) is 0.536. The lowest BCUT2D eigenvalue weighted by Gasteiger charge is -2.41. The van der Waals surface area contributed by atoms with Crippen LogP contribution >= 0.6 is 0 Å². The number of ether oxygens (including phenoxy) is 1. The molecule has 0 bridgehead atoms. The van der Waals surface area contributed by atoms with E-state index in [0.717, 1.165) is 29.1 Å². The lowest BCUT2D eigenvalue weighted by Crippen LogP contribution is -2.60. The Hall–Kier alpha value is -3.16. The lowest BCUT2D eigenvalue weighted by molar-refractivity contribution is -0.171. The van der Waals surface area contributed by atoms with Crippen LogP contribution in [0.3, 0.4) is 0 Å². The number of methoxy groups -OCH3 is 1. The Labute approximate surface area is 238 Å². The molecule has 0 amide bonds. The summed E-state index contributed by atoms with van der Waals surface area (Å²) in [6.45, 7) is 6.49. The molecule has 2 fully saturated rings. The molecule has 0 unspecified atom stereocenters. The molecule has 0 spiro atoms. The van der Waals surface area contributed by atoms with Gasteiger partial charge in [-0.25, -0.2) is 27.2 Å². The van der Waals surface area contributed by atoms with Gasteiger partial charge >= 0.3 is 0 Å². The summed E-state index contributed by atoms with van der Waals surface area (Å²) in [5, 5.41) is 15.4. The third-order valence-electron chi connectivity index (χ3n) is 7.77. The molecule has 10 nitrogen and oxygen atoms in total. The summed E-state index contributed by atoms with van der Waals surface area (Å²) in [5.41, 5.74) is 2.15. The molecule has 4 heterocycles. The first kappa shape index (κ1) is 29.3. The van der Waals surface area contributed by atoms with Gasteiger partial charge in [0.15, 0.2) is 0 Å². The van der Waals surface area contributed by atoms with E-state index in [1.165, 1.54) is 11.1 Å². The minimum atomic E-state index is -3.27. The minimum Gasteiger partial charge on any atom is -0.388 e. The quantitative estimate of drug-likeness (QED) is 0.383. The summed E-state index contributed by atoms with van der Waals surface area (Å²) in [6.07, 6.45) is 0.278. The zero-order chi connectivity index (χ0) is 29.5. The molecule has 0 radical (unpaired) electrons. The van der Waals surface area contributed by atoms with Gasteiger partial charge < -0.3 is 25.0 Å². The molecule has 2 aromatic heterocycles. The summed E-state index contributed by atoms with van der Waals surface area (Å²) in [7, 11) is -1.86. The number of nitrogens with one attached hydrogen (secondary N) is 1. The third-order valence-corrected chi connectivity index (χ3v) is 9.63. The van der Waals surface area contributed by atoms with Crippen LogP contribution in [0.15, 0.2) is 36.7 Å². The highest BCUT2D eigenvalue weighted by atomic mass is 32.2. The Morgan fingerprint density at radius 1 is 1.12 bits per heavy atom. The number of hydrogen-bond acceptors (Lipinski definition) is 10. The predicted octanol–water partition coefficient (Wildman–Crippen LogP) is 3.59. The van der Waals surface area contributed by atoms with Crippen LogP contribution in [0.4, 0.5) is 32.1 Å². The van der Waals surface area contributed by atoms with E-state index in [4.69, 9.17) is 4.74 Å². The van der Waals surface area contributed by atoms with E-state index in [9.17, 15) is 22.3 Å². The molecule has 13 heteroatoms. The molecule has 0 saturated carbocycles. The second-order valence-electron chi connectivity index (χ2n) is 11.1. The van der Waals surface area contributed by atoms with Crippen LogP contribution in [-0.4, -0.2) is 91.4 Å². The van der Waals surface area contributed by atoms with Crippen molar-refractivity contribution in [2.24, 2.45) is 5.92 Å². The van der Waals surface area contributed by atoms with Crippen molar-refractivity contribution in [3.63, 3.8) is 0 Å². The van der Waals surface area contributed by atoms with Gasteiger partial charge in [-0.3, -0.25) is 0 Å². The average molecular weight is 591 g/mol. The van der Waals surface area contributed by atoms with Gasteiger partial charge in [0.2, 0.25) is 5.95 Å². The van der Waals surface area contributed by atoms with Gasteiger partial charge in [-0.15, -0.1) is 0 Å². The number of β-amino-alcohol motifs (C(OH)–C–C–N with tert-alkyl or cyclic N) is 1. The van der Waals surface area contributed by atoms with E-state index in [-0.39, 0.29) is 35.8 Å². The highest BCUT2D eigenvalue weighted by Crippen LogP contribution is 2.37. The Balaban J connectivity index is 1.38. The molecule has 1 aromatic carbocycles. The van der Waals surface area contributed by atoms with Crippen LogP contribution in [0.2, 0.25) is 0 Å². The molecular weight excluding hydrogens is 554 g/mol. The largest absolute Gasteiger partial charge is 0.388 e. The van der Waals surface area contributed by atoms with Crippen LogP contribution < -0.4 is 15.1 Å². The number of hydrogen-bond donors (Lipinski definition) is 2. The summed E-state index contributed by atoms with van der Waals surface area (Å²) in [5.74, 6) is -1.59. The maximum atomic E-state index is 14.5. The Bertz CT molecular complexity index is 1520. The van der Waals surface area contributed by atoms with Gasteiger partial charge in [0.25, 0.3) is 5.92 Å². The van der Waals surface area contributed by atoms with Crippen molar-refractivity contribution in [3.05, 3.63) is 42.2 Å². The topological polar surface area (TPSA) is 121 Å². The summed E-state index contributed by atoms with van der Waals surface area (Å²) >= 11 is 0. The first-order valence-electron chi connectivity index (χ1n) is 13.7. The number of alkyl halides is 2. The van der Waals surface area contributed by atoms with Crippen molar-refractivity contribution in [1.29, 1.82) is 0 Å². The summed E-state index contributed by atoms with van der Waals surface area (Å²) < 4.78 is 58.0. The Morgan fingerprint density at radius 2 is 1.88 bits per heavy atom. The van der Waals surface area contributed by atoms with Crippen LogP contribution in [-0.2, 0) is 14.6 Å². The van der Waals surface area contributed by atoms with Crippen LogP contribution in [0.1, 0.15) is 32.3 Å². The second kappa shape index (κ2) is 11.3. The van der Waals surface area contributed by atoms with Crippen molar-refractivity contribution in [2.45, 2.75) is 44.8 Å². The van der Waals surface area contributed by atoms with Crippen molar-refractivity contribution in [3.8, 4) is 0 Å². The molecule has 3 aromatic rings. The second-order valence-corrected chi connectivity index (χ2v) is 13.5. The highest BCUT2D eigenvalue weighted by Gasteiger charge is 2.50. The fourth-order valence-corrected chi connectivity index (χ4v) is 6.80. The van der Waals surface area contributed by atoms with E-state index >= 15 is 0 Å². The average Bonchev–Trinajstić information content (AvgIpc) is 2.89. The lowest BCUT2D eigenvalue weighted by atomic mass is 9.93. The van der Waals surface area contributed by atoms with E-state index in [1.807, 2.05) is 6.07 Å². The van der Waals surface area contributed by atoms with Gasteiger partial charge in [-0.05, 0) is 35.1 Å². The van der Waals surface area contributed by atoms with Gasteiger partial charge in [0, 0.05) is 61.9 Å². The van der Waals surface area contributed by atoms with Gasteiger partial charge in [0.1, 0.15) is 33.7 Å². The monoisotopic (exact) mass is 590 g/mol. The Kier molecular flexibility index (Phi) is 8.05. The van der Waals surface area contributed by atoms with Gasteiger partial charge in [-0.1, -0.05) is 26.8 Å². The molecule has 0 aliphatic carbocycles. The van der Waals surface area contributed by atoms with Gasteiger partial charge in [0.05, 0.1) is 12.3 Å². The zero-order valence-electron chi connectivity index (χ0n) is 23.6. The van der Waals surface area contributed by atoms with Crippen molar-refractivity contribution >= 4 is 43.9 Å². The van der Waals surface area contributed by atoms with Gasteiger partial charge in [-0.2, -0.15) is 4.98 Å². The highest BCUT2D eigenvalue weighted by molar-refractivity contribution is 7.91. The Morgan fingerprint density at radius 3 is 2.54 bits per heavy atom. The number of piperidine rings is 1. The molecule has 222 valence electrons. The number of benzene rings is 1. The first-order valence-corrected chi connectivity index (χ1v) is 15.5. The van der Waals surface area contributed by atoms with Crippen LogP contribution in [0.25, 0.3) is 10.8 Å². The molecule has 2 aliphatic heterocycles. The molecular formula is C28H36F2N6O4S. The number of fused-ring (bicyclic) bond motifs is 1. The molecule has 2 saturated heterocycles. The zero-order valence-corrected chi connectivity index (χ0v) is 24.4. The maximum Gasteiger partial charge on any atom is 0.293 e. The molecule has 2 aliphatic rings. The van der Waals surface area contributed by atoms with Crippen molar-refractivity contribution in [1.82, 2.24) is 15.0 Å². The first-order chi connectivity index (χ1) is 19.4. The van der Waals surface area contributed by atoms with E-state index in [2.05, 4.69) is 51.1 Å². The van der Waals surface area contributed by atoms with Crippen LogP contribution in [0, 0.1) is 5.92 Å². The standard InChI is InChI=1S/C28H36F2N6O4S/c1-5-41(38,39)15-18-12-35(13-18)22-7-6-19(17(2)3)20-10-25(32-11-21(20)22)33-24-8-9-31-27(34-24)36-14-23(37)26(40-4)28(29,30)16-36/h6-11,17-18,23,26,37H,5,12-16H2,1-4H3,(H,31,32,33,34)/t23-,26-/m1/s1. The number of sulfone groups is 1. The maximum absolute atomic E-state index is 14.5. The molecule has 2 atom stereocenters. The van der Waals surface area contributed by atoms with E-state index in [1.54, 1.807) is 19.2 Å². The smallest absolute Gasteiger partial charge is 0.293 e. The predicted molar refractivity (Wildman–Crippen MR) is 155 cm³/mol. The van der Waals surface area contributed by atoms with Crippen molar-refractivity contribution in [2.75, 3.05) is 59.9 Å². The number of aromatic nitrogens is 3. The number of anilines is 4.